The summed E-state index contributed by atoms with van der Waals surface area (Å²) in [5.74, 6) is 1.38. The predicted molar refractivity (Wildman–Crippen MR) is 95.0 cm³/mol. The van der Waals surface area contributed by atoms with Crippen molar-refractivity contribution in [2.75, 3.05) is 7.11 Å². The van der Waals surface area contributed by atoms with Crippen LogP contribution < -0.4 is 4.74 Å². The van der Waals surface area contributed by atoms with Crippen LogP contribution in [0, 0.1) is 5.92 Å². The molecule has 2 aromatic rings. The molecule has 2 unspecified atom stereocenters. The van der Waals surface area contributed by atoms with Crippen LogP contribution >= 0.6 is 11.8 Å². The van der Waals surface area contributed by atoms with E-state index >= 15 is 0 Å². The highest BCUT2D eigenvalue weighted by Gasteiger charge is 2.32. The number of hydrogen-bond donors (Lipinski definition) is 0. The average molecular weight is 326 g/mol. The zero-order valence-electron chi connectivity index (χ0n) is 13.4. The van der Waals surface area contributed by atoms with Gasteiger partial charge in [0, 0.05) is 22.5 Å². The van der Waals surface area contributed by atoms with Gasteiger partial charge >= 0.3 is 0 Å². The van der Waals surface area contributed by atoms with Gasteiger partial charge in [0.05, 0.1) is 7.11 Å². The van der Waals surface area contributed by atoms with Gasteiger partial charge in [-0.05, 0) is 42.7 Å². The first-order chi connectivity index (χ1) is 11.3. The maximum absolute atomic E-state index is 12.5. The van der Waals surface area contributed by atoms with Crippen LogP contribution in [-0.4, -0.2) is 12.9 Å². The molecule has 0 bridgehead atoms. The first-order valence-electron chi connectivity index (χ1n) is 8.16. The van der Waals surface area contributed by atoms with Crippen molar-refractivity contribution in [2.45, 2.75) is 35.8 Å². The molecule has 1 aliphatic rings. The van der Waals surface area contributed by atoms with Crippen LogP contribution in [0.2, 0.25) is 0 Å². The molecule has 3 rings (SSSR count). The van der Waals surface area contributed by atoms with E-state index in [-0.39, 0.29) is 11.2 Å². The van der Waals surface area contributed by atoms with Crippen molar-refractivity contribution in [3.63, 3.8) is 0 Å². The number of Topliss-reactive ketones (excluding diaryl/α,β-unsaturated/α-hetero) is 1. The largest absolute Gasteiger partial charge is 0.497 e. The molecule has 0 aromatic heterocycles. The Hall–Kier alpha value is -1.74. The van der Waals surface area contributed by atoms with Gasteiger partial charge in [-0.2, -0.15) is 0 Å². The lowest BCUT2D eigenvalue weighted by molar-refractivity contribution is -0.124. The fraction of sp³-hybridized carbons (Fsp3) is 0.350. The van der Waals surface area contributed by atoms with Crippen molar-refractivity contribution in [1.29, 1.82) is 0 Å². The predicted octanol–water partition coefficient (Wildman–Crippen LogP) is 5.29. The van der Waals surface area contributed by atoms with E-state index in [1.54, 1.807) is 18.9 Å². The molecule has 0 aliphatic heterocycles. The molecule has 23 heavy (non-hydrogen) atoms. The third-order valence-electron chi connectivity index (χ3n) is 4.42. The quantitative estimate of drug-likeness (QED) is 0.699. The summed E-state index contributed by atoms with van der Waals surface area (Å²) in [4.78, 5) is 13.7. The maximum Gasteiger partial charge on any atom is 0.137 e. The second kappa shape index (κ2) is 7.69. The number of carbonyl (C=O) groups is 1. The Kier molecular flexibility index (Phi) is 5.39. The van der Waals surface area contributed by atoms with Crippen molar-refractivity contribution in [3.8, 4) is 5.75 Å². The number of ketones is 1. The normalized spacial score (nSPS) is 19.3. The van der Waals surface area contributed by atoms with E-state index < -0.39 is 0 Å². The number of benzene rings is 2. The number of rotatable bonds is 5. The van der Waals surface area contributed by atoms with Crippen molar-refractivity contribution >= 4 is 17.5 Å². The fourth-order valence-corrected chi connectivity index (χ4v) is 4.50. The van der Waals surface area contributed by atoms with Crippen LogP contribution in [0.1, 0.15) is 36.5 Å². The van der Waals surface area contributed by atoms with Crippen LogP contribution in [0.3, 0.4) is 0 Å². The summed E-state index contributed by atoms with van der Waals surface area (Å²) in [5.41, 5.74) is 1.21. The number of carbonyl (C=O) groups excluding carboxylic acids is 1. The summed E-state index contributed by atoms with van der Waals surface area (Å²) in [6.45, 7) is 0. The molecule has 120 valence electrons. The highest BCUT2D eigenvalue weighted by molar-refractivity contribution is 7.99. The third kappa shape index (κ3) is 3.97. The Balaban J connectivity index is 1.89. The monoisotopic (exact) mass is 326 g/mol. The molecule has 0 spiro atoms. The summed E-state index contributed by atoms with van der Waals surface area (Å²) in [5, 5.41) is 0.177. The van der Waals surface area contributed by atoms with Gasteiger partial charge in [-0.25, -0.2) is 0 Å². The van der Waals surface area contributed by atoms with Crippen LogP contribution in [-0.2, 0) is 4.79 Å². The summed E-state index contributed by atoms with van der Waals surface area (Å²) >= 11 is 1.80. The molecular formula is C20H22O2S. The van der Waals surface area contributed by atoms with Crippen LogP contribution in [0.5, 0.6) is 5.75 Å². The second-order valence-electron chi connectivity index (χ2n) is 5.94. The minimum Gasteiger partial charge on any atom is -0.497 e. The third-order valence-corrected chi connectivity index (χ3v) is 5.82. The minimum atomic E-state index is 0.113. The van der Waals surface area contributed by atoms with Gasteiger partial charge in [0.25, 0.3) is 0 Å². The number of ether oxygens (including phenoxy) is 1. The molecule has 0 amide bonds. The standard InChI is InChI=1S/C20H22O2S/c1-22-16-13-11-15(12-14-16)20(18-9-5-6-10-19(18)21)23-17-7-3-2-4-8-17/h2-4,7-8,11-14,18,20H,5-6,9-10H2,1H3. The van der Waals surface area contributed by atoms with Gasteiger partial charge in [0.2, 0.25) is 0 Å². The van der Waals surface area contributed by atoms with Crippen LogP contribution in [0.15, 0.2) is 59.5 Å². The molecule has 2 nitrogen and oxygen atoms in total. The molecule has 0 N–H and O–H groups in total. The molecule has 0 saturated heterocycles. The van der Waals surface area contributed by atoms with Gasteiger partial charge in [-0.15, -0.1) is 11.8 Å². The fourth-order valence-electron chi connectivity index (χ4n) is 3.15. The van der Waals surface area contributed by atoms with E-state index in [0.717, 1.165) is 31.4 Å². The van der Waals surface area contributed by atoms with Gasteiger partial charge in [0.1, 0.15) is 11.5 Å². The lowest BCUT2D eigenvalue weighted by atomic mass is 9.83. The molecule has 1 aliphatic carbocycles. The summed E-state index contributed by atoms with van der Waals surface area (Å²) in [7, 11) is 1.68. The van der Waals surface area contributed by atoms with Crippen LogP contribution in [0.4, 0.5) is 0 Å². The van der Waals surface area contributed by atoms with Crippen LogP contribution in [0.25, 0.3) is 0 Å². The molecule has 2 atom stereocenters. The average Bonchev–Trinajstić information content (AvgIpc) is 2.61. The minimum absolute atomic E-state index is 0.113. The number of hydrogen-bond acceptors (Lipinski definition) is 3. The first kappa shape index (κ1) is 16.1. The number of thioether (sulfide) groups is 1. The Morgan fingerprint density at radius 2 is 1.78 bits per heavy atom. The smallest absolute Gasteiger partial charge is 0.137 e. The molecule has 1 saturated carbocycles. The lowest BCUT2D eigenvalue weighted by Crippen LogP contribution is -2.24. The van der Waals surface area contributed by atoms with Gasteiger partial charge in [-0.1, -0.05) is 36.8 Å². The second-order valence-corrected chi connectivity index (χ2v) is 7.16. The molecular weight excluding hydrogens is 304 g/mol. The highest BCUT2D eigenvalue weighted by atomic mass is 32.2. The van der Waals surface area contributed by atoms with E-state index in [0.29, 0.717) is 5.78 Å². The van der Waals surface area contributed by atoms with Crippen molar-refractivity contribution < 1.29 is 9.53 Å². The van der Waals surface area contributed by atoms with Gasteiger partial charge in [-0.3, -0.25) is 4.79 Å². The number of methoxy groups -OCH3 is 1. The van der Waals surface area contributed by atoms with E-state index in [1.807, 2.05) is 18.2 Å². The molecule has 0 heterocycles. The molecule has 2 aromatic carbocycles. The molecule has 0 radical (unpaired) electrons. The van der Waals surface area contributed by atoms with E-state index in [2.05, 4.69) is 36.4 Å². The Labute approximate surface area is 142 Å². The lowest BCUT2D eigenvalue weighted by Gasteiger charge is -2.29. The Bertz CT molecular complexity index is 636. The topological polar surface area (TPSA) is 26.3 Å². The summed E-state index contributed by atoms with van der Waals surface area (Å²) in [6, 6.07) is 18.5. The summed E-state index contributed by atoms with van der Waals surface area (Å²) in [6.07, 6.45) is 3.92. The van der Waals surface area contributed by atoms with Crippen molar-refractivity contribution in [1.82, 2.24) is 0 Å². The zero-order chi connectivity index (χ0) is 16.1. The van der Waals surface area contributed by atoms with E-state index in [4.69, 9.17) is 4.74 Å². The van der Waals surface area contributed by atoms with E-state index in [1.165, 1.54) is 10.5 Å². The van der Waals surface area contributed by atoms with Crippen molar-refractivity contribution in [2.24, 2.45) is 5.92 Å². The molecule has 1 fully saturated rings. The Morgan fingerprint density at radius 1 is 1.04 bits per heavy atom. The zero-order valence-corrected chi connectivity index (χ0v) is 14.2. The molecule has 3 heteroatoms. The maximum atomic E-state index is 12.5. The van der Waals surface area contributed by atoms with Gasteiger partial charge in [0.15, 0.2) is 0 Å². The summed E-state index contributed by atoms with van der Waals surface area (Å²) < 4.78 is 5.26. The van der Waals surface area contributed by atoms with Gasteiger partial charge < -0.3 is 4.74 Å². The highest BCUT2D eigenvalue weighted by Crippen LogP contribution is 2.45. The first-order valence-corrected chi connectivity index (χ1v) is 9.04. The SMILES string of the molecule is COc1ccc(C(Sc2ccccc2)C2CCCCC2=O)cc1. The Morgan fingerprint density at radius 3 is 2.43 bits per heavy atom. The van der Waals surface area contributed by atoms with E-state index in [9.17, 15) is 4.79 Å². The van der Waals surface area contributed by atoms with Crippen molar-refractivity contribution in [3.05, 3.63) is 60.2 Å².